The number of nitrogens with one attached hydrogen (secondary N) is 1. The Balaban J connectivity index is 1.41. The Labute approximate surface area is 150 Å². The van der Waals surface area contributed by atoms with Crippen molar-refractivity contribution in [3.63, 3.8) is 0 Å². The topological polar surface area (TPSA) is 77.6 Å². The summed E-state index contributed by atoms with van der Waals surface area (Å²) in [5, 5.41) is 6.99. The minimum absolute atomic E-state index is 0.0854. The number of rotatable bonds is 5. The number of carbonyl (C=O) groups excluding carboxylic acids is 1. The van der Waals surface area contributed by atoms with Gasteiger partial charge in [-0.05, 0) is 36.2 Å². The molecule has 1 aromatic carbocycles. The van der Waals surface area contributed by atoms with E-state index >= 15 is 0 Å². The first-order chi connectivity index (χ1) is 12.7. The molecule has 0 saturated carbocycles. The van der Waals surface area contributed by atoms with E-state index in [0.29, 0.717) is 6.54 Å². The maximum atomic E-state index is 12.0. The number of hydrogen-bond donors (Lipinski definition) is 1. The number of hydrogen-bond acceptors (Lipinski definition) is 4. The van der Waals surface area contributed by atoms with Gasteiger partial charge in [-0.1, -0.05) is 18.2 Å². The third kappa shape index (κ3) is 3.32. The van der Waals surface area contributed by atoms with Crippen LogP contribution in [0.4, 0.5) is 0 Å². The second-order valence-electron chi connectivity index (χ2n) is 6.12. The summed E-state index contributed by atoms with van der Waals surface area (Å²) in [4.78, 5) is 20.9. The molecule has 0 fully saturated rings. The summed E-state index contributed by atoms with van der Waals surface area (Å²) < 4.78 is 3.56. The summed E-state index contributed by atoms with van der Waals surface area (Å²) in [5.41, 5.74) is 3.91. The van der Waals surface area contributed by atoms with E-state index in [2.05, 4.69) is 20.4 Å². The lowest BCUT2D eigenvalue weighted by Crippen LogP contribution is -2.27. The maximum absolute atomic E-state index is 12.0. The normalized spacial score (nSPS) is 11.0. The van der Waals surface area contributed by atoms with Crippen LogP contribution in [0.3, 0.4) is 0 Å². The largest absolute Gasteiger partial charge is 0.350 e. The van der Waals surface area contributed by atoms with Gasteiger partial charge in [-0.2, -0.15) is 5.10 Å². The molecule has 0 spiro atoms. The number of fused-ring (bicyclic) bond motifs is 1. The fraction of sp³-hybridized carbons (Fsp3) is 0.158. The monoisotopic (exact) mass is 346 g/mol. The van der Waals surface area contributed by atoms with Crippen LogP contribution in [0.5, 0.6) is 0 Å². The minimum Gasteiger partial charge on any atom is -0.350 e. The van der Waals surface area contributed by atoms with Crippen LogP contribution < -0.4 is 5.32 Å². The number of nitrogens with zero attached hydrogens (tertiary/aromatic N) is 5. The summed E-state index contributed by atoms with van der Waals surface area (Å²) in [6.07, 6.45) is 7.10. The van der Waals surface area contributed by atoms with Crippen molar-refractivity contribution in [1.82, 2.24) is 29.6 Å². The van der Waals surface area contributed by atoms with E-state index in [9.17, 15) is 4.79 Å². The summed E-state index contributed by atoms with van der Waals surface area (Å²) in [6.45, 7) is 2.58. The predicted molar refractivity (Wildman–Crippen MR) is 97.7 cm³/mol. The van der Waals surface area contributed by atoms with Crippen LogP contribution in [0.25, 0.3) is 16.9 Å². The van der Waals surface area contributed by atoms with E-state index in [1.165, 1.54) is 0 Å². The fourth-order valence-electron chi connectivity index (χ4n) is 2.76. The zero-order valence-electron chi connectivity index (χ0n) is 14.3. The van der Waals surface area contributed by atoms with Gasteiger partial charge in [-0.3, -0.25) is 14.0 Å². The maximum Gasteiger partial charge on any atom is 0.241 e. The molecule has 26 heavy (non-hydrogen) atoms. The number of imidazole rings is 1. The Hall–Kier alpha value is -3.48. The highest BCUT2D eigenvalue weighted by Crippen LogP contribution is 2.16. The van der Waals surface area contributed by atoms with Gasteiger partial charge in [0.05, 0.1) is 17.2 Å². The number of aromatic nitrogens is 5. The number of para-hydroxylation sites is 2. The Morgan fingerprint density at radius 1 is 1.12 bits per heavy atom. The van der Waals surface area contributed by atoms with Gasteiger partial charge < -0.3 is 5.32 Å². The molecule has 4 aromatic rings. The molecule has 0 radical (unpaired) electrons. The standard InChI is InChI=1S/C19H18N6O/c1-14-8-23-24(11-14)12-19(26)21-10-15-6-7-18(20-9-15)25-13-22-16-4-2-3-5-17(16)25/h2-9,11,13H,10,12H2,1H3,(H,21,26). The van der Waals surface area contributed by atoms with Crippen molar-refractivity contribution in [3.05, 3.63) is 72.4 Å². The molecule has 7 nitrogen and oxygen atoms in total. The van der Waals surface area contributed by atoms with Crippen LogP contribution in [0.15, 0.2) is 61.3 Å². The fourth-order valence-corrected chi connectivity index (χ4v) is 2.76. The third-order valence-electron chi connectivity index (χ3n) is 4.07. The number of carbonyl (C=O) groups is 1. The molecule has 0 aliphatic rings. The zero-order chi connectivity index (χ0) is 17.9. The molecule has 7 heteroatoms. The van der Waals surface area contributed by atoms with Crippen LogP contribution in [0.1, 0.15) is 11.1 Å². The molecule has 3 heterocycles. The number of pyridine rings is 1. The van der Waals surface area contributed by atoms with Gasteiger partial charge in [0.25, 0.3) is 0 Å². The van der Waals surface area contributed by atoms with Crippen molar-refractivity contribution in [3.8, 4) is 5.82 Å². The molecule has 0 aliphatic heterocycles. The molecule has 1 N–H and O–H groups in total. The molecule has 0 saturated heterocycles. The van der Waals surface area contributed by atoms with Gasteiger partial charge in [-0.15, -0.1) is 0 Å². The van der Waals surface area contributed by atoms with Crippen LogP contribution in [-0.2, 0) is 17.9 Å². The highest BCUT2D eigenvalue weighted by Gasteiger charge is 2.06. The first-order valence-corrected chi connectivity index (χ1v) is 8.32. The van der Waals surface area contributed by atoms with Crippen molar-refractivity contribution in [2.75, 3.05) is 0 Å². The lowest BCUT2D eigenvalue weighted by Gasteiger charge is -2.07. The quantitative estimate of drug-likeness (QED) is 0.601. The molecular weight excluding hydrogens is 328 g/mol. The first kappa shape index (κ1) is 16.0. The highest BCUT2D eigenvalue weighted by molar-refractivity contribution is 5.77. The summed E-state index contributed by atoms with van der Waals surface area (Å²) in [6, 6.07) is 11.8. The molecule has 0 atom stereocenters. The summed E-state index contributed by atoms with van der Waals surface area (Å²) in [5.74, 6) is 0.707. The van der Waals surface area contributed by atoms with Crippen molar-refractivity contribution in [2.24, 2.45) is 0 Å². The van der Waals surface area contributed by atoms with E-state index < -0.39 is 0 Å². The number of amides is 1. The average Bonchev–Trinajstić information content (AvgIpc) is 3.26. The van der Waals surface area contributed by atoms with E-state index in [0.717, 1.165) is 28.0 Å². The van der Waals surface area contributed by atoms with Crippen molar-refractivity contribution >= 4 is 16.9 Å². The molecule has 3 aromatic heterocycles. The van der Waals surface area contributed by atoms with Gasteiger partial charge in [0, 0.05) is 18.9 Å². The van der Waals surface area contributed by atoms with E-state index in [1.807, 2.05) is 54.1 Å². The van der Waals surface area contributed by atoms with Crippen molar-refractivity contribution in [2.45, 2.75) is 20.0 Å². The summed E-state index contributed by atoms with van der Waals surface area (Å²) >= 11 is 0. The van der Waals surface area contributed by atoms with Crippen LogP contribution in [0, 0.1) is 6.92 Å². The Morgan fingerprint density at radius 3 is 2.77 bits per heavy atom. The second kappa shape index (κ2) is 6.79. The molecule has 0 aliphatic carbocycles. The van der Waals surface area contributed by atoms with Gasteiger partial charge in [-0.25, -0.2) is 9.97 Å². The molecule has 130 valence electrons. The van der Waals surface area contributed by atoms with Crippen LogP contribution in [0.2, 0.25) is 0 Å². The van der Waals surface area contributed by atoms with Gasteiger partial charge in [0.15, 0.2) is 0 Å². The Kier molecular flexibility index (Phi) is 4.18. The van der Waals surface area contributed by atoms with Gasteiger partial charge >= 0.3 is 0 Å². The van der Waals surface area contributed by atoms with Crippen molar-refractivity contribution in [1.29, 1.82) is 0 Å². The van der Waals surface area contributed by atoms with E-state index in [4.69, 9.17) is 0 Å². The zero-order valence-corrected chi connectivity index (χ0v) is 14.3. The van der Waals surface area contributed by atoms with Gasteiger partial charge in [0.1, 0.15) is 18.7 Å². The Morgan fingerprint density at radius 2 is 2.00 bits per heavy atom. The smallest absolute Gasteiger partial charge is 0.241 e. The number of benzene rings is 1. The summed E-state index contributed by atoms with van der Waals surface area (Å²) in [7, 11) is 0. The Bertz CT molecular complexity index is 1050. The second-order valence-corrected chi connectivity index (χ2v) is 6.12. The third-order valence-corrected chi connectivity index (χ3v) is 4.07. The van der Waals surface area contributed by atoms with Crippen LogP contribution >= 0.6 is 0 Å². The highest BCUT2D eigenvalue weighted by atomic mass is 16.2. The molecule has 4 rings (SSSR count). The SMILES string of the molecule is Cc1cnn(CC(=O)NCc2ccc(-n3cnc4ccccc43)nc2)c1. The molecule has 1 amide bonds. The predicted octanol–water partition coefficient (Wildman–Crippen LogP) is 2.24. The van der Waals surface area contributed by atoms with E-state index in [1.54, 1.807) is 23.4 Å². The lowest BCUT2D eigenvalue weighted by molar-refractivity contribution is -0.122. The van der Waals surface area contributed by atoms with E-state index in [-0.39, 0.29) is 12.5 Å². The average molecular weight is 346 g/mol. The first-order valence-electron chi connectivity index (χ1n) is 8.32. The van der Waals surface area contributed by atoms with Crippen molar-refractivity contribution < 1.29 is 4.79 Å². The number of aryl methyl sites for hydroxylation is 1. The molecule has 0 unspecified atom stereocenters. The minimum atomic E-state index is -0.0854. The molecule has 0 bridgehead atoms. The lowest BCUT2D eigenvalue weighted by atomic mass is 10.2. The van der Waals surface area contributed by atoms with Gasteiger partial charge in [0.2, 0.25) is 5.91 Å². The van der Waals surface area contributed by atoms with Crippen LogP contribution in [-0.4, -0.2) is 30.2 Å². The molecular formula is C19H18N6O.